The molecule has 0 spiro atoms. The average molecular weight is 1090 g/mol. The summed E-state index contributed by atoms with van der Waals surface area (Å²) in [5.41, 5.74) is -12.6. The quantitative estimate of drug-likeness (QED) is 0.107. The molecule has 9 aromatic rings. The predicted octanol–water partition coefficient (Wildman–Crippen LogP) is 11.6. The Labute approximate surface area is 371 Å². The Balaban J connectivity index is 1.79. The zero-order valence-electron chi connectivity index (χ0n) is 33.4. The van der Waals surface area contributed by atoms with Crippen LogP contribution in [-0.2, 0) is 8.36 Å². The van der Waals surface area contributed by atoms with Gasteiger partial charge in [0.2, 0.25) is 0 Å². The van der Waals surface area contributed by atoms with Crippen molar-refractivity contribution >= 4 is 93.0 Å². The van der Waals surface area contributed by atoms with E-state index >= 15 is 0 Å². The molecular formula is C54H48Cl3IrP3. The molecule has 0 N–H and O–H groups in total. The van der Waals surface area contributed by atoms with E-state index in [0.29, 0.717) is 0 Å². The fourth-order valence-electron chi connectivity index (χ4n) is 9.85. The molecule has 0 radical (unpaired) electrons. The van der Waals surface area contributed by atoms with Gasteiger partial charge in [0.05, 0.1) is 0 Å². The first-order valence-electron chi connectivity index (χ1n) is 20.3. The van der Waals surface area contributed by atoms with Crippen molar-refractivity contribution in [1.29, 1.82) is 0 Å². The summed E-state index contributed by atoms with van der Waals surface area (Å²) >= 11 is 0. The summed E-state index contributed by atoms with van der Waals surface area (Å²) in [5.74, 6) is 0. The van der Waals surface area contributed by atoms with Gasteiger partial charge in [-0.05, 0) is 0 Å². The van der Waals surface area contributed by atoms with Gasteiger partial charge in [-0.2, -0.15) is 0 Å². The summed E-state index contributed by atoms with van der Waals surface area (Å²) in [6.07, 6.45) is 0. The van der Waals surface area contributed by atoms with Gasteiger partial charge in [-0.25, -0.2) is 0 Å². The predicted molar refractivity (Wildman–Crippen MR) is 277 cm³/mol. The van der Waals surface area contributed by atoms with E-state index in [9.17, 15) is 28.8 Å². The second kappa shape index (κ2) is 16.5. The van der Waals surface area contributed by atoms with Gasteiger partial charge >= 0.3 is 374 Å². The summed E-state index contributed by atoms with van der Waals surface area (Å²) < 4.78 is 0. The standard InChI is InChI=1S/3C18H15P.3ClH.Ir/c3*1-4-10-16(11-5-1)19(17-12-6-2-7-13-17)18-14-8-3-9-15-18;;;;/h3*1-15H;3*1H;. The third kappa shape index (κ3) is 5.80. The molecule has 0 fully saturated rings. The van der Waals surface area contributed by atoms with Crippen molar-refractivity contribution < 1.29 is 8.36 Å². The zero-order valence-corrected chi connectivity index (χ0v) is 41.1. The van der Waals surface area contributed by atoms with Crippen LogP contribution >= 0.6 is 45.2 Å². The van der Waals surface area contributed by atoms with Gasteiger partial charge in [-0.3, -0.25) is 0 Å². The van der Waals surface area contributed by atoms with Crippen LogP contribution in [0, 0.1) is 0 Å². The maximum atomic E-state index is 10.5. The van der Waals surface area contributed by atoms with Gasteiger partial charge in [-0.1, -0.05) is 0 Å². The van der Waals surface area contributed by atoms with Crippen LogP contribution in [0.25, 0.3) is 0 Å². The molecule has 0 atom stereocenters. The molecule has 0 amide bonds. The SMILES string of the molecule is [Cl][Ir]([Cl])([Cl])([PH](c1ccccc1)(c1ccccc1)c1ccccc1)([PH](c1ccccc1)(c1ccccc1)c1ccccc1)[PH](c1ccccc1)(c1ccccc1)c1ccccc1. The van der Waals surface area contributed by atoms with E-state index < -0.39 is 24.9 Å². The molecule has 0 saturated carbocycles. The van der Waals surface area contributed by atoms with Gasteiger partial charge < -0.3 is 0 Å². The molecular weight excluding hydrogens is 1040 g/mol. The number of hydrogen-bond acceptors (Lipinski definition) is 0. The topological polar surface area (TPSA) is 0 Å². The molecule has 0 aliphatic rings. The van der Waals surface area contributed by atoms with Gasteiger partial charge in [0.15, 0.2) is 0 Å². The van der Waals surface area contributed by atoms with Gasteiger partial charge in [0.25, 0.3) is 0 Å². The number of hydrogen-bond donors (Lipinski definition) is 0. The van der Waals surface area contributed by atoms with Crippen molar-refractivity contribution in [3.8, 4) is 0 Å². The van der Waals surface area contributed by atoms with Crippen LogP contribution in [0.2, 0.25) is 0 Å². The van der Waals surface area contributed by atoms with E-state index in [1.807, 2.05) is 0 Å². The second-order valence-electron chi connectivity index (χ2n) is 15.1. The van der Waals surface area contributed by atoms with Crippen LogP contribution in [0.4, 0.5) is 0 Å². The Morgan fingerprint density at radius 1 is 0.180 bits per heavy atom. The van der Waals surface area contributed by atoms with E-state index in [2.05, 4.69) is 273 Å². The van der Waals surface area contributed by atoms with Gasteiger partial charge in [-0.15, -0.1) is 0 Å². The Bertz CT molecular complexity index is 2240. The third-order valence-electron chi connectivity index (χ3n) is 12.0. The molecule has 9 aromatic carbocycles. The van der Waals surface area contributed by atoms with Crippen molar-refractivity contribution in [3.63, 3.8) is 0 Å². The molecule has 0 aliphatic carbocycles. The van der Waals surface area contributed by atoms with Gasteiger partial charge in [0, 0.05) is 0 Å². The van der Waals surface area contributed by atoms with Crippen molar-refractivity contribution in [2.45, 2.75) is 0 Å². The van der Waals surface area contributed by atoms with Crippen LogP contribution in [-0.4, -0.2) is 0 Å². The first-order chi connectivity index (χ1) is 29.8. The minimum absolute atomic E-state index is 1.08. The summed E-state index contributed by atoms with van der Waals surface area (Å²) in [6.45, 7) is 0. The number of rotatable bonds is 12. The Hall–Kier alpha value is -4.21. The molecule has 0 heterocycles. The van der Waals surface area contributed by atoms with Crippen LogP contribution in [0.1, 0.15) is 0 Å². The summed E-state index contributed by atoms with van der Waals surface area (Å²) in [4.78, 5) is 0. The zero-order chi connectivity index (χ0) is 41.9. The van der Waals surface area contributed by atoms with Crippen LogP contribution in [0.15, 0.2) is 273 Å². The summed E-state index contributed by atoms with van der Waals surface area (Å²) in [6, 6.07) is 98.6. The Morgan fingerprint density at radius 2 is 0.279 bits per heavy atom. The average Bonchev–Trinajstić information content (AvgIpc) is 3.32. The summed E-state index contributed by atoms with van der Waals surface area (Å²) in [7, 11) is 24.0. The molecule has 0 saturated heterocycles. The van der Waals surface area contributed by atoms with E-state index in [-0.39, 0.29) is 0 Å². The van der Waals surface area contributed by atoms with E-state index in [1.54, 1.807) is 0 Å². The minimum atomic E-state index is -7.60. The van der Waals surface area contributed by atoms with Crippen molar-refractivity contribution in [1.82, 2.24) is 0 Å². The van der Waals surface area contributed by atoms with Crippen LogP contribution in [0.3, 0.4) is 0 Å². The molecule has 7 heteroatoms. The fourth-order valence-corrected chi connectivity index (χ4v) is 205. The monoisotopic (exact) mass is 1090 g/mol. The normalized spacial score (nSPS) is 14.2. The molecule has 0 bridgehead atoms. The molecule has 0 aliphatic heterocycles. The molecule has 0 unspecified atom stereocenters. The second-order valence-corrected chi connectivity index (χ2v) is 110. The van der Waals surface area contributed by atoms with E-state index in [0.717, 1.165) is 47.7 Å². The van der Waals surface area contributed by atoms with Crippen LogP contribution < -0.4 is 47.7 Å². The van der Waals surface area contributed by atoms with Crippen molar-refractivity contribution in [2.75, 3.05) is 0 Å². The van der Waals surface area contributed by atoms with Gasteiger partial charge in [0.1, 0.15) is 0 Å². The molecule has 9 rings (SSSR count). The van der Waals surface area contributed by atoms with Crippen molar-refractivity contribution in [3.05, 3.63) is 273 Å². The Morgan fingerprint density at radius 3 is 0.377 bits per heavy atom. The first kappa shape index (κ1) is 42.1. The molecule has 61 heavy (non-hydrogen) atoms. The molecule has 0 nitrogen and oxygen atoms in total. The van der Waals surface area contributed by atoms with E-state index in [4.69, 9.17) is 0 Å². The van der Waals surface area contributed by atoms with E-state index in [1.165, 1.54) is 0 Å². The molecule has 309 valence electrons. The fraction of sp³-hybridized carbons (Fsp3) is 0. The summed E-state index contributed by atoms with van der Waals surface area (Å²) in [5, 5.41) is 9.72. The number of benzene rings is 9. The first-order valence-corrected chi connectivity index (χ1v) is 45.5. The van der Waals surface area contributed by atoms with Crippen LogP contribution in [0.5, 0.6) is 0 Å². The third-order valence-corrected chi connectivity index (χ3v) is 157. The maximum absolute atomic E-state index is 10.5. The number of halogens is 3. The Kier molecular flexibility index (Phi) is 11.4. The van der Waals surface area contributed by atoms with Crippen molar-refractivity contribution in [2.24, 2.45) is 0 Å². The molecule has 0 aromatic heterocycles.